The number of rotatable bonds is 1. The van der Waals surface area contributed by atoms with Crippen LogP contribution in [0, 0.1) is 6.92 Å². The van der Waals surface area contributed by atoms with Crippen LogP contribution in [0.2, 0.25) is 0 Å². The van der Waals surface area contributed by atoms with Crippen LogP contribution in [0.4, 0.5) is 11.4 Å². The lowest BCUT2D eigenvalue weighted by Crippen LogP contribution is -2.10. The molecule has 0 atom stereocenters. The van der Waals surface area contributed by atoms with Gasteiger partial charge in [0.1, 0.15) is 0 Å². The van der Waals surface area contributed by atoms with E-state index in [1.165, 1.54) is 11.3 Å². The maximum absolute atomic E-state index is 5.61. The number of nitrogens with zero attached hydrogens (tertiary/aromatic N) is 1. The summed E-state index contributed by atoms with van der Waals surface area (Å²) in [6.07, 6.45) is 0. The van der Waals surface area contributed by atoms with Crippen LogP contribution in [0.1, 0.15) is 5.56 Å². The van der Waals surface area contributed by atoms with E-state index in [1.807, 2.05) is 32.3 Å². The summed E-state index contributed by atoms with van der Waals surface area (Å²) < 4.78 is 0. The van der Waals surface area contributed by atoms with Gasteiger partial charge in [-0.15, -0.1) is 0 Å². The summed E-state index contributed by atoms with van der Waals surface area (Å²) >= 11 is 0. The molecular weight excluding hydrogens is 136 g/mol. The van der Waals surface area contributed by atoms with Crippen LogP contribution < -0.4 is 10.6 Å². The quantitative estimate of drug-likeness (QED) is 0.617. The average Bonchev–Trinajstić information content (AvgIpc) is 1.85. The van der Waals surface area contributed by atoms with Crippen LogP contribution in [-0.2, 0) is 0 Å². The SMILES string of the molecule is Cc1cc(N)ccc1N(C)C. The molecule has 0 bridgehead atoms. The van der Waals surface area contributed by atoms with Gasteiger partial charge in [0.2, 0.25) is 0 Å². The number of aryl methyl sites for hydroxylation is 1. The number of nitrogen functional groups attached to an aromatic ring is 1. The van der Waals surface area contributed by atoms with E-state index in [9.17, 15) is 0 Å². The fourth-order valence-corrected chi connectivity index (χ4v) is 1.18. The number of anilines is 2. The van der Waals surface area contributed by atoms with Gasteiger partial charge in [0.25, 0.3) is 0 Å². The van der Waals surface area contributed by atoms with Gasteiger partial charge in [-0.1, -0.05) is 0 Å². The molecule has 0 aliphatic heterocycles. The molecule has 0 radical (unpaired) electrons. The van der Waals surface area contributed by atoms with E-state index in [1.54, 1.807) is 0 Å². The largest absolute Gasteiger partial charge is 0.399 e. The minimum Gasteiger partial charge on any atom is -0.399 e. The lowest BCUT2D eigenvalue weighted by Gasteiger charge is -2.15. The molecule has 0 spiro atoms. The molecule has 11 heavy (non-hydrogen) atoms. The third kappa shape index (κ3) is 1.64. The fourth-order valence-electron chi connectivity index (χ4n) is 1.18. The van der Waals surface area contributed by atoms with E-state index < -0.39 is 0 Å². The van der Waals surface area contributed by atoms with Gasteiger partial charge in [-0.25, -0.2) is 0 Å². The number of benzene rings is 1. The lowest BCUT2D eigenvalue weighted by atomic mass is 10.2. The van der Waals surface area contributed by atoms with Crippen LogP contribution in [0.5, 0.6) is 0 Å². The van der Waals surface area contributed by atoms with Gasteiger partial charge in [0.05, 0.1) is 0 Å². The minimum atomic E-state index is 0.827. The van der Waals surface area contributed by atoms with Gasteiger partial charge in [-0.2, -0.15) is 0 Å². The Kier molecular flexibility index (Phi) is 2.03. The molecule has 60 valence electrons. The monoisotopic (exact) mass is 150 g/mol. The van der Waals surface area contributed by atoms with Crippen LogP contribution >= 0.6 is 0 Å². The van der Waals surface area contributed by atoms with Crippen molar-refractivity contribution in [2.75, 3.05) is 24.7 Å². The van der Waals surface area contributed by atoms with Gasteiger partial charge in [0, 0.05) is 25.5 Å². The first-order valence-corrected chi connectivity index (χ1v) is 3.64. The second-order valence-corrected chi connectivity index (χ2v) is 2.94. The number of nitrogens with two attached hydrogens (primary N) is 1. The average molecular weight is 150 g/mol. The molecule has 1 aromatic rings. The predicted octanol–water partition coefficient (Wildman–Crippen LogP) is 1.64. The first kappa shape index (κ1) is 7.92. The topological polar surface area (TPSA) is 29.3 Å². The highest BCUT2D eigenvalue weighted by atomic mass is 15.1. The maximum Gasteiger partial charge on any atom is 0.0392 e. The fraction of sp³-hybridized carbons (Fsp3) is 0.333. The van der Waals surface area contributed by atoms with Crippen molar-refractivity contribution in [2.24, 2.45) is 0 Å². The van der Waals surface area contributed by atoms with Crippen molar-refractivity contribution in [3.8, 4) is 0 Å². The summed E-state index contributed by atoms with van der Waals surface area (Å²) in [5.74, 6) is 0. The smallest absolute Gasteiger partial charge is 0.0392 e. The molecule has 0 aliphatic rings. The Hall–Kier alpha value is -1.18. The maximum atomic E-state index is 5.61. The predicted molar refractivity (Wildman–Crippen MR) is 49.9 cm³/mol. The van der Waals surface area contributed by atoms with E-state index in [-0.39, 0.29) is 0 Å². The molecule has 0 fully saturated rings. The van der Waals surface area contributed by atoms with E-state index in [2.05, 4.69) is 11.8 Å². The van der Waals surface area contributed by atoms with Gasteiger partial charge in [0.15, 0.2) is 0 Å². The van der Waals surface area contributed by atoms with Gasteiger partial charge in [-0.3, -0.25) is 0 Å². The zero-order valence-corrected chi connectivity index (χ0v) is 7.26. The first-order chi connectivity index (χ1) is 5.11. The van der Waals surface area contributed by atoms with Crippen LogP contribution in [0.3, 0.4) is 0 Å². The molecule has 1 rings (SSSR count). The Morgan fingerprint density at radius 3 is 2.36 bits per heavy atom. The van der Waals surface area contributed by atoms with Crippen molar-refractivity contribution in [2.45, 2.75) is 6.92 Å². The van der Waals surface area contributed by atoms with E-state index in [4.69, 9.17) is 5.73 Å². The van der Waals surface area contributed by atoms with Crippen LogP contribution in [-0.4, -0.2) is 14.1 Å². The molecule has 2 heteroatoms. The summed E-state index contributed by atoms with van der Waals surface area (Å²) in [6, 6.07) is 5.93. The molecule has 0 saturated heterocycles. The summed E-state index contributed by atoms with van der Waals surface area (Å²) in [5, 5.41) is 0. The zero-order chi connectivity index (χ0) is 8.43. The van der Waals surface area contributed by atoms with Crippen molar-refractivity contribution in [1.29, 1.82) is 0 Å². The molecule has 0 aromatic heterocycles. The Balaban J connectivity index is 3.09. The van der Waals surface area contributed by atoms with Gasteiger partial charge in [-0.05, 0) is 30.7 Å². The molecule has 2 N–H and O–H groups in total. The van der Waals surface area contributed by atoms with Crippen molar-refractivity contribution in [3.63, 3.8) is 0 Å². The van der Waals surface area contributed by atoms with Crippen molar-refractivity contribution >= 4 is 11.4 Å². The van der Waals surface area contributed by atoms with Gasteiger partial charge >= 0.3 is 0 Å². The number of hydrogen-bond donors (Lipinski definition) is 1. The van der Waals surface area contributed by atoms with Crippen molar-refractivity contribution in [3.05, 3.63) is 23.8 Å². The molecule has 0 heterocycles. The highest BCUT2D eigenvalue weighted by molar-refractivity contribution is 5.58. The molecule has 0 unspecified atom stereocenters. The highest BCUT2D eigenvalue weighted by Gasteiger charge is 1.98. The molecule has 2 nitrogen and oxygen atoms in total. The molecule has 0 aliphatic carbocycles. The van der Waals surface area contributed by atoms with E-state index in [0.717, 1.165) is 5.69 Å². The summed E-state index contributed by atoms with van der Waals surface area (Å²) in [6.45, 7) is 2.06. The molecule has 1 aromatic carbocycles. The van der Waals surface area contributed by atoms with E-state index in [0.29, 0.717) is 0 Å². The highest BCUT2D eigenvalue weighted by Crippen LogP contribution is 2.19. The number of hydrogen-bond acceptors (Lipinski definition) is 2. The van der Waals surface area contributed by atoms with Crippen LogP contribution in [0.25, 0.3) is 0 Å². The van der Waals surface area contributed by atoms with Gasteiger partial charge < -0.3 is 10.6 Å². The Labute approximate surface area is 67.6 Å². The minimum absolute atomic E-state index is 0.827. The Morgan fingerprint density at radius 2 is 1.91 bits per heavy atom. The lowest BCUT2D eigenvalue weighted by molar-refractivity contribution is 1.11. The Morgan fingerprint density at radius 1 is 1.27 bits per heavy atom. The summed E-state index contributed by atoms with van der Waals surface area (Å²) in [4.78, 5) is 2.08. The summed E-state index contributed by atoms with van der Waals surface area (Å²) in [7, 11) is 4.05. The standard InChI is InChI=1S/C9H14N2/c1-7-6-8(10)4-5-9(7)11(2)3/h4-6H,10H2,1-3H3. The summed E-state index contributed by atoms with van der Waals surface area (Å²) in [5.41, 5.74) is 8.88. The second kappa shape index (κ2) is 2.82. The van der Waals surface area contributed by atoms with E-state index >= 15 is 0 Å². The third-order valence-corrected chi connectivity index (χ3v) is 1.70. The zero-order valence-electron chi connectivity index (χ0n) is 7.26. The van der Waals surface area contributed by atoms with Crippen LogP contribution in [0.15, 0.2) is 18.2 Å². The molecule has 0 saturated carbocycles. The first-order valence-electron chi connectivity index (χ1n) is 3.64. The van der Waals surface area contributed by atoms with Crippen molar-refractivity contribution in [1.82, 2.24) is 0 Å². The third-order valence-electron chi connectivity index (χ3n) is 1.70. The second-order valence-electron chi connectivity index (χ2n) is 2.94. The Bertz CT molecular complexity index is 254. The van der Waals surface area contributed by atoms with Crippen molar-refractivity contribution < 1.29 is 0 Å². The molecule has 0 amide bonds. The normalized spacial score (nSPS) is 9.73. The molecular formula is C9H14N2.